The lowest BCUT2D eigenvalue weighted by Gasteiger charge is -2.16. The Balaban J connectivity index is 1.50. The molecule has 3 rings (SSSR count). The van der Waals surface area contributed by atoms with Gasteiger partial charge in [-0.15, -0.1) is 0 Å². The van der Waals surface area contributed by atoms with Crippen molar-refractivity contribution in [3.05, 3.63) is 48.0 Å². The molecule has 2 aromatic carbocycles. The van der Waals surface area contributed by atoms with Crippen LogP contribution in [0.3, 0.4) is 0 Å². The summed E-state index contributed by atoms with van der Waals surface area (Å²) in [5.74, 6) is 2.19. The fraction of sp³-hybridized carbons (Fsp3) is 0.316. The summed E-state index contributed by atoms with van der Waals surface area (Å²) in [4.78, 5) is 12.3. The first kappa shape index (κ1) is 17.0. The molecule has 0 unspecified atom stereocenters. The number of hydrogen-bond donors (Lipinski definition) is 2. The molecule has 0 fully saturated rings. The average Bonchev–Trinajstić information content (AvgIpc) is 3.09. The number of ether oxygens (including phenoxy) is 3. The highest BCUT2D eigenvalue weighted by atomic mass is 16.7. The molecule has 6 heteroatoms. The maximum absolute atomic E-state index is 12.3. The molecule has 1 aliphatic heterocycles. The summed E-state index contributed by atoms with van der Waals surface area (Å²) in [7, 11) is 0. The minimum atomic E-state index is -0.355. The zero-order valence-electron chi connectivity index (χ0n) is 14.4. The van der Waals surface area contributed by atoms with Crippen LogP contribution in [-0.2, 0) is 11.3 Å². The number of carbonyl (C=O) groups excluding carboxylic acids is 1. The Kier molecular flexibility index (Phi) is 5.28. The van der Waals surface area contributed by atoms with Gasteiger partial charge in [-0.05, 0) is 55.8 Å². The third kappa shape index (κ3) is 4.35. The van der Waals surface area contributed by atoms with Crippen molar-refractivity contribution in [2.75, 3.05) is 18.7 Å². The summed E-state index contributed by atoms with van der Waals surface area (Å²) in [5, 5.41) is 6.10. The first-order valence-electron chi connectivity index (χ1n) is 8.31. The molecule has 0 radical (unpaired) electrons. The Bertz CT molecular complexity index is 731. The zero-order valence-corrected chi connectivity index (χ0v) is 14.4. The topological polar surface area (TPSA) is 68.8 Å². The van der Waals surface area contributed by atoms with E-state index in [0.717, 1.165) is 22.7 Å². The van der Waals surface area contributed by atoms with E-state index in [1.165, 1.54) is 0 Å². The van der Waals surface area contributed by atoms with Crippen molar-refractivity contribution in [1.29, 1.82) is 0 Å². The molecule has 0 aliphatic carbocycles. The smallest absolute Gasteiger partial charge is 0.242 e. The standard InChI is InChI=1S/C19H22N2O4/c1-3-23-16-7-5-15(6-8-16)21-13(2)19(22)20-11-14-4-9-17-18(10-14)25-12-24-17/h4-10,13,21H,3,11-12H2,1-2H3,(H,20,22)/t13-/m0/s1. The van der Waals surface area contributed by atoms with E-state index in [0.29, 0.717) is 18.9 Å². The van der Waals surface area contributed by atoms with E-state index in [9.17, 15) is 4.79 Å². The fourth-order valence-corrected chi connectivity index (χ4v) is 2.52. The molecule has 132 valence electrons. The molecular formula is C19H22N2O4. The van der Waals surface area contributed by atoms with E-state index in [1.54, 1.807) is 0 Å². The van der Waals surface area contributed by atoms with Crippen LogP contribution >= 0.6 is 0 Å². The van der Waals surface area contributed by atoms with Crippen LogP contribution in [0, 0.1) is 0 Å². The third-order valence-corrected chi connectivity index (χ3v) is 3.85. The Morgan fingerprint density at radius 2 is 1.92 bits per heavy atom. The number of nitrogens with one attached hydrogen (secondary N) is 2. The summed E-state index contributed by atoms with van der Waals surface area (Å²) < 4.78 is 16.0. The van der Waals surface area contributed by atoms with E-state index in [2.05, 4.69) is 10.6 Å². The predicted molar refractivity (Wildman–Crippen MR) is 95.1 cm³/mol. The number of rotatable bonds is 7. The van der Waals surface area contributed by atoms with Gasteiger partial charge in [0.05, 0.1) is 6.61 Å². The molecular weight excluding hydrogens is 320 g/mol. The summed E-state index contributed by atoms with van der Waals surface area (Å²) in [5.41, 5.74) is 1.83. The average molecular weight is 342 g/mol. The predicted octanol–water partition coefficient (Wildman–Crippen LogP) is 2.93. The van der Waals surface area contributed by atoms with Gasteiger partial charge >= 0.3 is 0 Å². The van der Waals surface area contributed by atoms with Crippen LogP contribution in [0.1, 0.15) is 19.4 Å². The largest absolute Gasteiger partial charge is 0.494 e. The number of amides is 1. The van der Waals surface area contributed by atoms with Crippen LogP contribution in [0.25, 0.3) is 0 Å². The van der Waals surface area contributed by atoms with Gasteiger partial charge in [0.2, 0.25) is 12.7 Å². The molecule has 0 aromatic heterocycles. The Morgan fingerprint density at radius 1 is 1.16 bits per heavy atom. The molecule has 1 atom stereocenters. The van der Waals surface area contributed by atoms with Crippen LogP contribution < -0.4 is 24.8 Å². The van der Waals surface area contributed by atoms with Gasteiger partial charge in [-0.25, -0.2) is 0 Å². The van der Waals surface area contributed by atoms with E-state index in [4.69, 9.17) is 14.2 Å². The van der Waals surface area contributed by atoms with Crippen molar-refractivity contribution in [2.45, 2.75) is 26.4 Å². The number of benzene rings is 2. The molecule has 1 amide bonds. The van der Waals surface area contributed by atoms with E-state index in [-0.39, 0.29) is 18.7 Å². The lowest BCUT2D eigenvalue weighted by molar-refractivity contribution is -0.121. The van der Waals surface area contributed by atoms with Crippen molar-refractivity contribution >= 4 is 11.6 Å². The van der Waals surface area contributed by atoms with Crippen molar-refractivity contribution in [3.63, 3.8) is 0 Å². The Hall–Kier alpha value is -2.89. The molecule has 1 aliphatic rings. The van der Waals surface area contributed by atoms with Crippen LogP contribution in [0.4, 0.5) is 5.69 Å². The first-order valence-corrected chi connectivity index (χ1v) is 8.31. The van der Waals surface area contributed by atoms with Gasteiger partial charge in [-0.1, -0.05) is 6.07 Å². The zero-order chi connectivity index (χ0) is 17.6. The first-order chi connectivity index (χ1) is 12.2. The van der Waals surface area contributed by atoms with Gasteiger partial charge in [0, 0.05) is 12.2 Å². The summed E-state index contributed by atoms with van der Waals surface area (Å²) in [6.45, 7) is 5.08. The van der Waals surface area contributed by atoms with Gasteiger partial charge in [-0.3, -0.25) is 4.79 Å². The van der Waals surface area contributed by atoms with E-state index in [1.807, 2.05) is 56.3 Å². The molecule has 0 saturated heterocycles. The third-order valence-electron chi connectivity index (χ3n) is 3.85. The molecule has 0 spiro atoms. The van der Waals surface area contributed by atoms with E-state index >= 15 is 0 Å². The normalized spacial score (nSPS) is 13.2. The monoisotopic (exact) mass is 342 g/mol. The summed E-state index contributed by atoms with van der Waals surface area (Å²) in [6.07, 6.45) is 0. The second-order valence-corrected chi connectivity index (χ2v) is 5.73. The highest BCUT2D eigenvalue weighted by molar-refractivity contribution is 5.84. The van der Waals surface area contributed by atoms with Crippen molar-refractivity contribution < 1.29 is 19.0 Å². The number of fused-ring (bicyclic) bond motifs is 1. The minimum Gasteiger partial charge on any atom is -0.494 e. The van der Waals surface area contributed by atoms with E-state index < -0.39 is 0 Å². The fourth-order valence-electron chi connectivity index (χ4n) is 2.52. The molecule has 0 bridgehead atoms. The molecule has 2 aromatic rings. The minimum absolute atomic E-state index is 0.0773. The Labute approximate surface area is 147 Å². The van der Waals surface area contributed by atoms with Crippen LogP contribution in [0.15, 0.2) is 42.5 Å². The van der Waals surface area contributed by atoms with Crippen molar-refractivity contribution in [3.8, 4) is 17.2 Å². The molecule has 25 heavy (non-hydrogen) atoms. The van der Waals surface area contributed by atoms with Gasteiger partial charge in [-0.2, -0.15) is 0 Å². The maximum Gasteiger partial charge on any atom is 0.242 e. The Morgan fingerprint density at radius 3 is 2.68 bits per heavy atom. The quantitative estimate of drug-likeness (QED) is 0.810. The van der Waals surface area contributed by atoms with Crippen molar-refractivity contribution in [2.24, 2.45) is 0 Å². The lowest BCUT2D eigenvalue weighted by Crippen LogP contribution is -2.37. The SMILES string of the molecule is CCOc1ccc(N[C@@H](C)C(=O)NCc2ccc3c(c2)OCO3)cc1. The van der Waals surface area contributed by atoms with Gasteiger partial charge in [0.15, 0.2) is 11.5 Å². The molecule has 2 N–H and O–H groups in total. The van der Waals surface area contributed by atoms with Crippen LogP contribution in [0.5, 0.6) is 17.2 Å². The van der Waals surface area contributed by atoms with Crippen LogP contribution in [-0.4, -0.2) is 25.3 Å². The second kappa shape index (κ2) is 7.79. The summed E-state index contributed by atoms with van der Waals surface area (Å²) in [6, 6.07) is 12.8. The molecule has 1 heterocycles. The summed E-state index contributed by atoms with van der Waals surface area (Å²) >= 11 is 0. The second-order valence-electron chi connectivity index (χ2n) is 5.73. The highest BCUT2D eigenvalue weighted by Crippen LogP contribution is 2.32. The molecule has 6 nitrogen and oxygen atoms in total. The van der Waals surface area contributed by atoms with Crippen LogP contribution in [0.2, 0.25) is 0 Å². The molecule has 0 saturated carbocycles. The maximum atomic E-state index is 12.3. The lowest BCUT2D eigenvalue weighted by atomic mass is 10.2. The van der Waals surface area contributed by atoms with Gasteiger partial charge in [0.1, 0.15) is 11.8 Å². The highest BCUT2D eigenvalue weighted by Gasteiger charge is 2.15. The van der Waals surface area contributed by atoms with Gasteiger partial charge in [0.25, 0.3) is 0 Å². The number of hydrogen-bond acceptors (Lipinski definition) is 5. The number of carbonyl (C=O) groups is 1. The van der Waals surface area contributed by atoms with Crippen molar-refractivity contribution in [1.82, 2.24) is 5.32 Å². The van der Waals surface area contributed by atoms with Gasteiger partial charge < -0.3 is 24.8 Å². The number of anilines is 1.